The predicted octanol–water partition coefficient (Wildman–Crippen LogP) is 3.92. The molecule has 0 radical (unpaired) electrons. The fraction of sp³-hybridized carbons (Fsp3) is 0.368. The zero-order valence-corrected chi connectivity index (χ0v) is 17.5. The number of hydrogen-bond donors (Lipinski definition) is 4. The Morgan fingerprint density at radius 1 is 1.11 bits per heavy atom. The van der Waals surface area contributed by atoms with E-state index in [-0.39, 0.29) is 11.5 Å². The minimum atomic E-state index is -3.35. The highest BCUT2D eigenvalue weighted by Gasteiger charge is 2.21. The summed E-state index contributed by atoms with van der Waals surface area (Å²) < 4.78 is 25.4. The van der Waals surface area contributed by atoms with Crippen molar-refractivity contribution in [2.24, 2.45) is 5.41 Å². The van der Waals surface area contributed by atoms with Gasteiger partial charge in [0.25, 0.3) is 0 Å². The molecule has 3 aromatic rings. The van der Waals surface area contributed by atoms with Crippen LogP contribution in [0.3, 0.4) is 0 Å². The third kappa shape index (κ3) is 4.92. The zero-order chi connectivity index (χ0) is 20.5. The molecule has 0 saturated heterocycles. The van der Waals surface area contributed by atoms with Crippen molar-refractivity contribution in [2.75, 3.05) is 21.6 Å². The van der Waals surface area contributed by atoms with E-state index in [0.29, 0.717) is 23.0 Å². The van der Waals surface area contributed by atoms with Gasteiger partial charge >= 0.3 is 0 Å². The van der Waals surface area contributed by atoms with Crippen LogP contribution in [0.4, 0.5) is 23.1 Å². The molecule has 1 aromatic carbocycles. The molecule has 9 heteroatoms. The number of fused-ring (bicyclic) bond motifs is 1. The molecule has 150 valence electrons. The van der Waals surface area contributed by atoms with Gasteiger partial charge in [-0.1, -0.05) is 26.8 Å². The first-order valence-corrected chi connectivity index (χ1v) is 10.9. The van der Waals surface area contributed by atoms with Gasteiger partial charge < -0.3 is 15.6 Å². The van der Waals surface area contributed by atoms with Crippen LogP contribution in [0.25, 0.3) is 11.0 Å². The number of nitrogens with one attached hydrogen (secondary N) is 4. The van der Waals surface area contributed by atoms with Gasteiger partial charge in [-0.25, -0.2) is 8.42 Å². The lowest BCUT2D eigenvalue weighted by molar-refractivity contribution is 0.359. The van der Waals surface area contributed by atoms with Crippen molar-refractivity contribution in [3.05, 3.63) is 36.5 Å². The van der Waals surface area contributed by atoms with E-state index in [1.165, 1.54) is 0 Å². The summed E-state index contributed by atoms with van der Waals surface area (Å²) in [5, 5.41) is 7.54. The number of sulfonamides is 1. The van der Waals surface area contributed by atoms with E-state index < -0.39 is 10.0 Å². The van der Waals surface area contributed by atoms with Gasteiger partial charge in [-0.05, 0) is 36.6 Å². The number of H-pyrrole nitrogens is 1. The molecule has 2 heterocycles. The Morgan fingerprint density at radius 2 is 1.82 bits per heavy atom. The third-order valence-corrected chi connectivity index (χ3v) is 5.10. The molecule has 1 atom stereocenters. The summed E-state index contributed by atoms with van der Waals surface area (Å²) in [5.41, 5.74) is 1.92. The van der Waals surface area contributed by atoms with Crippen molar-refractivity contribution in [1.82, 2.24) is 15.0 Å². The molecule has 4 N–H and O–H groups in total. The molecular formula is C19H26N6O2S. The first kappa shape index (κ1) is 19.9. The maximum absolute atomic E-state index is 11.4. The first-order valence-electron chi connectivity index (χ1n) is 8.98. The van der Waals surface area contributed by atoms with Crippen LogP contribution >= 0.6 is 0 Å². The van der Waals surface area contributed by atoms with Gasteiger partial charge in [-0.15, -0.1) is 0 Å². The minimum Gasteiger partial charge on any atom is -0.366 e. The number of anilines is 4. The van der Waals surface area contributed by atoms with Crippen LogP contribution in [-0.4, -0.2) is 35.7 Å². The molecule has 0 aliphatic carbocycles. The van der Waals surface area contributed by atoms with Gasteiger partial charge in [-0.3, -0.25) is 4.72 Å². The maximum Gasteiger partial charge on any atom is 0.231 e. The highest BCUT2D eigenvalue weighted by atomic mass is 32.2. The van der Waals surface area contributed by atoms with Gasteiger partial charge in [0, 0.05) is 17.9 Å². The number of nitrogens with zero attached hydrogens (tertiary/aromatic N) is 2. The van der Waals surface area contributed by atoms with Crippen LogP contribution in [0, 0.1) is 5.41 Å². The van der Waals surface area contributed by atoms with E-state index in [1.807, 2.05) is 18.3 Å². The van der Waals surface area contributed by atoms with E-state index in [2.05, 4.69) is 58.0 Å². The minimum absolute atomic E-state index is 0.0623. The lowest BCUT2D eigenvalue weighted by Gasteiger charge is -2.28. The van der Waals surface area contributed by atoms with Crippen LogP contribution in [0.15, 0.2) is 36.5 Å². The third-order valence-electron chi connectivity index (χ3n) is 4.49. The van der Waals surface area contributed by atoms with Gasteiger partial charge in [-0.2, -0.15) is 9.97 Å². The number of hydrogen-bond acceptors (Lipinski definition) is 6. The quantitative estimate of drug-likeness (QED) is 0.497. The summed E-state index contributed by atoms with van der Waals surface area (Å²) in [6, 6.07) is 9.07. The summed E-state index contributed by atoms with van der Waals surface area (Å²) in [7, 11) is -3.35. The van der Waals surface area contributed by atoms with E-state index in [0.717, 1.165) is 17.5 Å². The van der Waals surface area contributed by atoms with Crippen molar-refractivity contribution < 1.29 is 8.42 Å². The van der Waals surface area contributed by atoms with Crippen molar-refractivity contribution in [2.45, 2.75) is 33.7 Å². The molecule has 0 aliphatic heterocycles. The summed E-state index contributed by atoms with van der Waals surface area (Å²) in [4.78, 5) is 12.3. The molecule has 0 bridgehead atoms. The Bertz CT molecular complexity index is 1090. The SMILES string of the molecule is C[C@H](Nc1nc(Nc2cccc(NS(C)(=O)=O)c2)nc2[nH]ccc12)C(C)(C)C. The summed E-state index contributed by atoms with van der Waals surface area (Å²) in [6.07, 6.45) is 2.94. The van der Waals surface area contributed by atoms with Gasteiger partial charge in [0.1, 0.15) is 11.5 Å². The van der Waals surface area contributed by atoms with Crippen LogP contribution in [0.5, 0.6) is 0 Å². The molecule has 0 spiro atoms. The Balaban J connectivity index is 1.91. The highest BCUT2D eigenvalue weighted by Crippen LogP contribution is 2.28. The lowest BCUT2D eigenvalue weighted by atomic mass is 9.88. The number of aromatic nitrogens is 3. The smallest absolute Gasteiger partial charge is 0.231 e. The largest absolute Gasteiger partial charge is 0.366 e. The van der Waals surface area contributed by atoms with E-state index >= 15 is 0 Å². The average molecular weight is 403 g/mol. The topological polar surface area (TPSA) is 112 Å². The monoisotopic (exact) mass is 402 g/mol. The normalized spacial score (nSPS) is 13.3. The molecule has 0 unspecified atom stereocenters. The molecule has 8 nitrogen and oxygen atoms in total. The number of aromatic amines is 1. The molecular weight excluding hydrogens is 376 g/mol. The summed E-state index contributed by atoms with van der Waals surface area (Å²) in [6.45, 7) is 8.62. The fourth-order valence-electron chi connectivity index (χ4n) is 2.53. The molecule has 0 amide bonds. The van der Waals surface area contributed by atoms with E-state index in [4.69, 9.17) is 0 Å². The second-order valence-electron chi connectivity index (χ2n) is 7.95. The van der Waals surface area contributed by atoms with E-state index in [9.17, 15) is 8.42 Å². The maximum atomic E-state index is 11.4. The van der Waals surface area contributed by atoms with Crippen LogP contribution < -0.4 is 15.4 Å². The Morgan fingerprint density at radius 3 is 2.50 bits per heavy atom. The van der Waals surface area contributed by atoms with Gasteiger partial charge in [0.15, 0.2) is 0 Å². The van der Waals surface area contributed by atoms with Crippen LogP contribution in [-0.2, 0) is 10.0 Å². The lowest BCUT2D eigenvalue weighted by Crippen LogP contribution is -2.31. The van der Waals surface area contributed by atoms with Crippen molar-refractivity contribution >= 4 is 44.2 Å². The fourth-order valence-corrected chi connectivity index (χ4v) is 3.09. The Labute approximate surface area is 165 Å². The van der Waals surface area contributed by atoms with Gasteiger partial charge in [0.2, 0.25) is 16.0 Å². The molecule has 3 rings (SSSR count). The zero-order valence-electron chi connectivity index (χ0n) is 16.7. The molecule has 28 heavy (non-hydrogen) atoms. The van der Waals surface area contributed by atoms with Crippen molar-refractivity contribution in [3.8, 4) is 0 Å². The standard InChI is InChI=1S/C19H26N6O2S/c1-12(19(2,3)4)21-17-15-9-10-20-16(15)23-18(24-17)22-13-7-6-8-14(11-13)25-28(5,26)27/h6-12,25H,1-5H3,(H3,20,21,22,23,24)/t12-/m0/s1. The van der Waals surface area contributed by atoms with Crippen LogP contribution in [0.2, 0.25) is 0 Å². The molecule has 0 aliphatic rings. The number of benzene rings is 1. The highest BCUT2D eigenvalue weighted by molar-refractivity contribution is 7.92. The average Bonchev–Trinajstić information content (AvgIpc) is 3.01. The number of rotatable bonds is 6. The summed E-state index contributed by atoms with van der Waals surface area (Å²) in [5.74, 6) is 1.15. The van der Waals surface area contributed by atoms with Gasteiger partial charge in [0.05, 0.1) is 17.3 Å². The second kappa shape index (κ2) is 7.31. The molecule has 2 aromatic heterocycles. The predicted molar refractivity (Wildman–Crippen MR) is 115 cm³/mol. The Kier molecular flexibility index (Phi) is 5.20. The molecule has 0 saturated carbocycles. The first-order chi connectivity index (χ1) is 13.0. The Hall–Kier alpha value is -2.81. The summed E-state index contributed by atoms with van der Waals surface area (Å²) >= 11 is 0. The van der Waals surface area contributed by atoms with E-state index in [1.54, 1.807) is 18.2 Å². The molecule has 0 fully saturated rings. The van der Waals surface area contributed by atoms with Crippen LogP contribution in [0.1, 0.15) is 27.7 Å². The second-order valence-corrected chi connectivity index (χ2v) is 9.70. The van der Waals surface area contributed by atoms with Crippen molar-refractivity contribution in [1.29, 1.82) is 0 Å². The van der Waals surface area contributed by atoms with Crippen molar-refractivity contribution in [3.63, 3.8) is 0 Å².